The Morgan fingerprint density at radius 2 is 1.55 bits per heavy atom. The molecule has 106 valence electrons. The van der Waals surface area contributed by atoms with E-state index in [9.17, 15) is 4.79 Å². The highest BCUT2D eigenvalue weighted by Crippen LogP contribution is 2.32. The second-order valence-corrected chi connectivity index (χ2v) is 5.71. The highest BCUT2D eigenvalue weighted by Gasteiger charge is 2.07. The molecule has 1 aromatic heterocycles. The number of aromatic nitrogens is 1. The molecule has 0 unspecified atom stereocenters. The number of fused-ring (bicyclic) bond motifs is 2. The topological polar surface area (TPSA) is 32.9 Å². The smallest absolute Gasteiger partial charge is 0.248 e. The summed E-state index contributed by atoms with van der Waals surface area (Å²) in [4.78, 5) is 14.2. The number of rotatable bonds is 1. The number of halogens is 1. The third-order valence-corrected chi connectivity index (χ3v) is 4.18. The first-order chi connectivity index (χ1) is 10.7. The third kappa shape index (κ3) is 2.18. The lowest BCUT2D eigenvalue weighted by Crippen LogP contribution is -2.02. The Kier molecular flexibility index (Phi) is 2.98. The maximum atomic E-state index is 11.4. The Labute approximate surface area is 132 Å². The zero-order valence-electron chi connectivity index (χ0n) is 11.6. The molecule has 2 nitrogen and oxygen atoms in total. The van der Waals surface area contributed by atoms with Gasteiger partial charge in [0.25, 0.3) is 0 Å². The molecule has 0 radical (unpaired) electrons. The molecule has 3 aromatic carbocycles. The molecule has 1 heterocycles. The fraction of sp³-hybridized carbons (Fsp3) is 0. The summed E-state index contributed by atoms with van der Waals surface area (Å²) in [5.41, 5.74) is 2.66. The molecular formula is C19H12ClNO. The normalized spacial score (nSPS) is 11.1. The van der Waals surface area contributed by atoms with Gasteiger partial charge in [-0.15, -0.1) is 0 Å². The van der Waals surface area contributed by atoms with Gasteiger partial charge in [-0.05, 0) is 46.0 Å². The summed E-state index contributed by atoms with van der Waals surface area (Å²) in [5.74, 6) is 0. The summed E-state index contributed by atoms with van der Waals surface area (Å²) < 4.78 is 0. The van der Waals surface area contributed by atoms with Crippen LogP contribution in [-0.2, 0) is 0 Å². The van der Waals surface area contributed by atoms with Crippen molar-refractivity contribution in [2.45, 2.75) is 0 Å². The highest BCUT2D eigenvalue weighted by molar-refractivity contribution is 6.34. The molecule has 3 heteroatoms. The van der Waals surface area contributed by atoms with E-state index in [-0.39, 0.29) is 5.56 Å². The van der Waals surface area contributed by atoms with Crippen molar-refractivity contribution >= 4 is 33.3 Å². The highest BCUT2D eigenvalue weighted by atomic mass is 35.5. The summed E-state index contributed by atoms with van der Waals surface area (Å²) in [5, 5.41) is 3.97. The molecule has 1 N–H and O–H groups in total. The molecule has 0 saturated carbocycles. The van der Waals surface area contributed by atoms with Gasteiger partial charge >= 0.3 is 0 Å². The largest absolute Gasteiger partial charge is 0.322 e. The SMILES string of the molecule is O=c1ccc2cc(-c3ccc4ccccc4c3)c(Cl)cc2[nH]1. The van der Waals surface area contributed by atoms with E-state index in [1.165, 1.54) is 16.8 Å². The van der Waals surface area contributed by atoms with Crippen LogP contribution in [0.4, 0.5) is 0 Å². The van der Waals surface area contributed by atoms with Gasteiger partial charge in [-0.1, -0.05) is 48.0 Å². The maximum Gasteiger partial charge on any atom is 0.248 e. The van der Waals surface area contributed by atoms with Crippen molar-refractivity contribution in [2.24, 2.45) is 0 Å². The predicted molar refractivity (Wildman–Crippen MR) is 92.5 cm³/mol. The summed E-state index contributed by atoms with van der Waals surface area (Å²) in [6, 6.07) is 21.7. The molecule has 0 spiro atoms. The van der Waals surface area contributed by atoms with Crippen LogP contribution in [0.2, 0.25) is 5.02 Å². The Bertz CT molecular complexity index is 1070. The van der Waals surface area contributed by atoms with Crippen molar-refractivity contribution < 1.29 is 0 Å². The number of nitrogens with one attached hydrogen (secondary N) is 1. The lowest BCUT2D eigenvalue weighted by Gasteiger charge is -2.08. The van der Waals surface area contributed by atoms with Gasteiger partial charge in [-0.2, -0.15) is 0 Å². The first-order valence-corrected chi connectivity index (χ1v) is 7.40. The van der Waals surface area contributed by atoms with Crippen molar-refractivity contribution in [3.63, 3.8) is 0 Å². The number of pyridine rings is 1. The predicted octanol–water partition coefficient (Wildman–Crippen LogP) is 5.00. The van der Waals surface area contributed by atoms with Gasteiger partial charge in [0.15, 0.2) is 0 Å². The summed E-state index contributed by atoms with van der Waals surface area (Å²) in [7, 11) is 0. The summed E-state index contributed by atoms with van der Waals surface area (Å²) >= 11 is 6.42. The molecule has 4 rings (SSSR count). The number of aromatic amines is 1. The zero-order chi connectivity index (χ0) is 15.1. The zero-order valence-corrected chi connectivity index (χ0v) is 12.4. The minimum atomic E-state index is -0.123. The van der Waals surface area contributed by atoms with Gasteiger partial charge in [-0.25, -0.2) is 0 Å². The number of H-pyrrole nitrogens is 1. The van der Waals surface area contributed by atoms with Crippen LogP contribution in [0.5, 0.6) is 0 Å². The summed E-state index contributed by atoms with van der Waals surface area (Å²) in [6.07, 6.45) is 0. The molecule has 0 saturated heterocycles. The number of benzene rings is 3. The van der Waals surface area contributed by atoms with Crippen LogP contribution < -0.4 is 5.56 Å². The fourth-order valence-electron chi connectivity index (χ4n) is 2.75. The van der Waals surface area contributed by atoms with Crippen molar-refractivity contribution in [3.8, 4) is 11.1 Å². The fourth-order valence-corrected chi connectivity index (χ4v) is 3.03. The maximum absolute atomic E-state index is 11.4. The van der Waals surface area contributed by atoms with Gasteiger partial charge in [0.05, 0.1) is 5.02 Å². The standard InChI is InChI=1S/C19H12ClNO/c20-17-11-18-15(7-8-19(22)21-18)10-16(17)14-6-5-12-3-1-2-4-13(12)9-14/h1-11H,(H,21,22). The van der Waals surface area contributed by atoms with Crippen LogP contribution >= 0.6 is 11.6 Å². The van der Waals surface area contributed by atoms with Gasteiger partial charge in [0, 0.05) is 17.1 Å². The minimum Gasteiger partial charge on any atom is -0.322 e. The molecule has 0 amide bonds. The van der Waals surface area contributed by atoms with E-state index in [1.54, 1.807) is 0 Å². The van der Waals surface area contributed by atoms with Crippen LogP contribution in [0, 0.1) is 0 Å². The van der Waals surface area contributed by atoms with E-state index in [1.807, 2.05) is 30.3 Å². The van der Waals surface area contributed by atoms with Crippen molar-refractivity contribution in [1.82, 2.24) is 4.98 Å². The molecular weight excluding hydrogens is 294 g/mol. The van der Waals surface area contributed by atoms with Crippen LogP contribution in [0.3, 0.4) is 0 Å². The lowest BCUT2D eigenvalue weighted by molar-refractivity contribution is 1.31. The third-order valence-electron chi connectivity index (χ3n) is 3.87. The number of hydrogen-bond donors (Lipinski definition) is 1. The van der Waals surface area contributed by atoms with Crippen LogP contribution in [0.1, 0.15) is 0 Å². The van der Waals surface area contributed by atoms with Gasteiger partial charge in [0.1, 0.15) is 0 Å². The van der Waals surface area contributed by atoms with E-state index in [2.05, 4.69) is 35.3 Å². The van der Waals surface area contributed by atoms with Gasteiger partial charge in [-0.3, -0.25) is 4.79 Å². The van der Waals surface area contributed by atoms with E-state index >= 15 is 0 Å². The molecule has 0 aliphatic rings. The minimum absolute atomic E-state index is 0.123. The monoisotopic (exact) mass is 305 g/mol. The second-order valence-electron chi connectivity index (χ2n) is 5.30. The molecule has 0 bridgehead atoms. The van der Waals surface area contributed by atoms with Crippen LogP contribution in [0.25, 0.3) is 32.8 Å². The number of hydrogen-bond acceptors (Lipinski definition) is 1. The van der Waals surface area contributed by atoms with E-state index in [0.29, 0.717) is 5.02 Å². The van der Waals surface area contributed by atoms with Crippen molar-refractivity contribution in [3.05, 3.63) is 82.1 Å². The van der Waals surface area contributed by atoms with E-state index < -0.39 is 0 Å². The molecule has 0 atom stereocenters. The Hall–Kier alpha value is -2.58. The quantitative estimate of drug-likeness (QED) is 0.527. The Balaban J connectivity index is 1.96. The second kappa shape index (κ2) is 5.00. The van der Waals surface area contributed by atoms with Crippen LogP contribution in [0.15, 0.2) is 71.5 Å². The average Bonchev–Trinajstić information content (AvgIpc) is 2.53. The van der Waals surface area contributed by atoms with Gasteiger partial charge in [0.2, 0.25) is 5.56 Å². The van der Waals surface area contributed by atoms with Crippen LogP contribution in [-0.4, -0.2) is 4.98 Å². The molecule has 4 aromatic rings. The first kappa shape index (κ1) is 13.1. The molecule has 0 aliphatic carbocycles. The average molecular weight is 306 g/mol. The van der Waals surface area contributed by atoms with Crippen molar-refractivity contribution in [2.75, 3.05) is 0 Å². The first-order valence-electron chi connectivity index (χ1n) is 7.02. The summed E-state index contributed by atoms with van der Waals surface area (Å²) in [6.45, 7) is 0. The Morgan fingerprint density at radius 1 is 0.773 bits per heavy atom. The van der Waals surface area contributed by atoms with E-state index in [4.69, 9.17) is 11.6 Å². The van der Waals surface area contributed by atoms with Gasteiger partial charge < -0.3 is 4.98 Å². The molecule has 22 heavy (non-hydrogen) atoms. The lowest BCUT2D eigenvalue weighted by atomic mass is 10.00. The Morgan fingerprint density at radius 3 is 2.41 bits per heavy atom. The molecule has 0 aliphatic heterocycles. The molecule has 0 fully saturated rings. The van der Waals surface area contributed by atoms with E-state index in [0.717, 1.165) is 22.0 Å². The van der Waals surface area contributed by atoms with Crippen molar-refractivity contribution in [1.29, 1.82) is 0 Å².